The number of rotatable bonds is 16. The fourth-order valence-corrected chi connectivity index (χ4v) is 14.9. The monoisotopic (exact) mass is 846 g/mol. The van der Waals surface area contributed by atoms with Gasteiger partial charge < -0.3 is 32.8 Å². The van der Waals surface area contributed by atoms with E-state index in [0.717, 1.165) is 44.1 Å². The molecule has 0 saturated carbocycles. The van der Waals surface area contributed by atoms with Gasteiger partial charge in [-0.05, 0) is 72.0 Å². The molecule has 8 rings (SSSR count). The molecule has 0 spiro atoms. The van der Waals surface area contributed by atoms with E-state index in [1.165, 1.54) is 15.9 Å². The third kappa shape index (κ3) is 10.3. The number of carbonyl (C=O) groups excluding carboxylic acids is 1. The Balaban J connectivity index is 0.894. The maximum Gasteiger partial charge on any atom is 0.261 e. The van der Waals surface area contributed by atoms with Crippen molar-refractivity contribution >= 4 is 24.5 Å². The number of ketones is 1. The first-order valence-corrected chi connectivity index (χ1v) is 24.7. The van der Waals surface area contributed by atoms with E-state index >= 15 is 0 Å². The first-order chi connectivity index (χ1) is 29.6. The van der Waals surface area contributed by atoms with Crippen molar-refractivity contribution in [2.75, 3.05) is 13.2 Å². The van der Waals surface area contributed by atoms with E-state index in [9.17, 15) is 4.79 Å². The van der Waals surface area contributed by atoms with Crippen molar-refractivity contribution in [3.63, 3.8) is 0 Å². The maximum atomic E-state index is 13.8. The maximum absolute atomic E-state index is 13.8. The van der Waals surface area contributed by atoms with E-state index in [-0.39, 0.29) is 53.5 Å². The summed E-state index contributed by atoms with van der Waals surface area (Å²) < 4.78 is 47.5. The molecule has 0 unspecified atom stereocenters. The molecule has 4 saturated heterocycles. The number of benzene rings is 4. The molecule has 4 aromatic rings. The predicted molar refractivity (Wildman–Crippen MR) is 241 cm³/mol. The summed E-state index contributed by atoms with van der Waals surface area (Å²) in [5.74, 6) is 0.114. The molecule has 326 valence electrons. The first kappa shape index (κ1) is 44.1. The van der Waals surface area contributed by atoms with Crippen molar-refractivity contribution in [1.82, 2.24) is 0 Å². The standard InChI is InChI=1S/C52H66O8Si/c1-51(2,3)61(41-24-13-7-14-25-41,42-26-15-8-16-27-42)56-32-18-28-44-43(53)34-46-45(58-44)29-30-52(4)49(59-46)35-48-50(60-52)47(55-37-39-21-11-6-12-22-39)33-40(57-48)23-17-31-54-36-38-19-9-5-10-20-38/h5-16,19-22,24-27,40,44-50H,17-18,23,28-37H2,1-4H3/t40-,44-,45+,46-,47+,48-,49+,50+,52-/m1/s1. The van der Waals surface area contributed by atoms with Crippen LogP contribution in [0.25, 0.3) is 0 Å². The molecule has 8 nitrogen and oxygen atoms in total. The minimum absolute atomic E-state index is 0.0229. The van der Waals surface area contributed by atoms with Gasteiger partial charge >= 0.3 is 0 Å². The van der Waals surface area contributed by atoms with Gasteiger partial charge in [0.05, 0.1) is 55.4 Å². The topological polar surface area (TPSA) is 81.7 Å². The highest BCUT2D eigenvalue weighted by Crippen LogP contribution is 2.46. The van der Waals surface area contributed by atoms with Crippen LogP contribution in [0.3, 0.4) is 0 Å². The van der Waals surface area contributed by atoms with Crippen molar-refractivity contribution in [3.05, 3.63) is 132 Å². The molecule has 4 aliphatic rings. The van der Waals surface area contributed by atoms with E-state index in [2.05, 4.69) is 125 Å². The van der Waals surface area contributed by atoms with Crippen LogP contribution in [0.4, 0.5) is 0 Å². The average Bonchev–Trinajstić information content (AvgIpc) is 3.40. The Morgan fingerprint density at radius 3 is 1.93 bits per heavy atom. The predicted octanol–water partition coefficient (Wildman–Crippen LogP) is 8.90. The highest BCUT2D eigenvalue weighted by molar-refractivity contribution is 6.99. The Morgan fingerprint density at radius 1 is 0.689 bits per heavy atom. The molecule has 0 bridgehead atoms. The number of hydrogen-bond acceptors (Lipinski definition) is 8. The minimum atomic E-state index is -2.67. The van der Waals surface area contributed by atoms with Gasteiger partial charge in [-0.3, -0.25) is 4.79 Å². The summed E-state index contributed by atoms with van der Waals surface area (Å²) in [4.78, 5) is 13.8. The van der Waals surface area contributed by atoms with E-state index in [0.29, 0.717) is 45.7 Å². The first-order valence-electron chi connectivity index (χ1n) is 22.8. The second kappa shape index (κ2) is 19.9. The van der Waals surface area contributed by atoms with E-state index < -0.39 is 20.0 Å². The third-order valence-electron chi connectivity index (χ3n) is 13.5. The fraction of sp³-hybridized carbons (Fsp3) is 0.519. The van der Waals surface area contributed by atoms with Gasteiger partial charge in [-0.15, -0.1) is 0 Å². The van der Waals surface area contributed by atoms with Gasteiger partial charge in [0, 0.05) is 32.5 Å². The molecular formula is C52H66O8Si. The van der Waals surface area contributed by atoms with Crippen molar-refractivity contribution in [1.29, 1.82) is 0 Å². The molecule has 4 aliphatic heterocycles. The summed E-state index contributed by atoms with van der Waals surface area (Å²) in [7, 11) is -2.67. The number of carbonyl (C=O) groups is 1. The Kier molecular flexibility index (Phi) is 14.4. The molecule has 9 heteroatoms. The molecule has 0 amide bonds. The number of ether oxygens (including phenoxy) is 6. The zero-order chi connectivity index (χ0) is 42.3. The number of Topliss-reactive ketones (excluding diaryl/α,β-unsaturated/α-hetero) is 1. The lowest BCUT2D eigenvalue weighted by Crippen LogP contribution is -2.66. The molecule has 4 heterocycles. The van der Waals surface area contributed by atoms with Gasteiger partial charge in [-0.2, -0.15) is 0 Å². The normalized spacial score (nSPS) is 29.2. The molecule has 0 N–H and O–H groups in total. The quantitative estimate of drug-likeness (QED) is 0.0818. The second-order valence-electron chi connectivity index (χ2n) is 18.9. The van der Waals surface area contributed by atoms with Crippen molar-refractivity contribution in [2.24, 2.45) is 0 Å². The molecule has 0 radical (unpaired) electrons. The van der Waals surface area contributed by atoms with Crippen molar-refractivity contribution in [2.45, 2.75) is 158 Å². The average molecular weight is 847 g/mol. The Morgan fingerprint density at radius 2 is 1.30 bits per heavy atom. The molecule has 0 aromatic heterocycles. The summed E-state index contributed by atoms with van der Waals surface area (Å²) in [6.45, 7) is 11.4. The van der Waals surface area contributed by atoms with Gasteiger partial charge in [0.15, 0.2) is 5.78 Å². The van der Waals surface area contributed by atoms with Crippen molar-refractivity contribution in [3.8, 4) is 0 Å². The smallest absolute Gasteiger partial charge is 0.261 e. The van der Waals surface area contributed by atoms with E-state index in [4.69, 9.17) is 32.8 Å². The summed E-state index contributed by atoms with van der Waals surface area (Å²) in [5, 5.41) is 2.41. The van der Waals surface area contributed by atoms with Gasteiger partial charge in [-0.25, -0.2) is 0 Å². The van der Waals surface area contributed by atoms with Crippen molar-refractivity contribution < 1.29 is 37.6 Å². The summed E-state index contributed by atoms with van der Waals surface area (Å²) in [6.07, 6.45) is 4.78. The molecular weight excluding hydrogens is 781 g/mol. The zero-order valence-corrected chi connectivity index (χ0v) is 37.6. The minimum Gasteiger partial charge on any atom is -0.407 e. The van der Waals surface area contributed by atoms with Gasteiger partial charge in [0.2, 0.25) is 0 Å². The molecule has 61 heavy (non-hydrogen) atoms. The third-order valence-corrected chi connectivity index (χ3v) is 18.5. The molecule has 9 atom stereocenters. The van der Waals surface area contributed by atoms with Gasteiger partial charge in [-0.1, -0.05) is 142 Å². The van der Waals surface area contributed by atoms with Crippen LogP contribution in [0, 0.1) is 0 Å². The largest absolute Gasteiger partial charge is 0.407 e. The molecule has 0 aliphatic carbocycles. The van der Waals surface area contributed by atoms with Crippen LogP contribution in [0.1, 0.15) is 96.6 Å². The van der Waals surface area contributed by atoms with E-state index in [1.807, 2.05) is 24.3 Å². The van der Waals surface area contributed by atoms with Gasteiger partial charge in [0.25, 0.3) is 8.32 Å². The summed E-state index contributed by atoms with van der Waals surface area (Å²) in [5.41, 5.74) is 1.77. The highest BCUT2D eigenvalue weighted by atomic mass is 28.4. The Labute approximate surface area is 364 Å². The lowest BCUT2D eigenvalue weighted by atomic mass is 9.81. The summed E-state index contributed by atoms with van der Waals surface area (Å²) >= 11 is 0. The lowest BCUT2D eigenvalue weighted by Gasteiger charge is -2.52. The highest BCUT2D eigenvalue weighted by Gasteiger charge is 2.56. The lowest BCUT2D eigenvalue weighted by molar-refractivity contribution is -0.299. The zero-order valence-electron chi connectivity index (χ0n) is 36.6. The Hall–Kier alpha value is -3.51. The van der Waals surface area contributed by atoms with Gasteiger partial charge in [0.1, 0.15) is 12.2 Å². The van der Waals surface area contributed by atoms with Crippen LogP contribution >= 0.6 is 0 Å². The Bertz CT molecular complexity index is 1920. The van der Waals surface area contributed by atoms with Crippen LogP contribution in [0.2, 0.25) is 5.04 Å². The van der Waals surface area contributed by atoms with Crippen LogP contribution < -0.4 is 10.4 Å². The fourth-order valence-electron chi connectivity index (χ4n) is 10.3. The molecule has 4 fully saturated rings. The number of hydrogen-bond donors (Lipinski definition) is 0. The van der Waals surface area contributed by atoms with Crippen LogP contribution in [0.5, 0.6) is 0 Å². The molecule has 4 aromatic carbocycles. The van der Waals surface area contributed by atoms with Crippen LogP contribution in [-0.4, -0.2) is 81.7 Å². The van der Waals surface area contributed by atoms with Crippen LogP contribution in [-0.2, 0) is 50.9 Å². The van der Waals surface area contributed by atoms with Crippen LogP contribution in [0.15, 0.2) is 121 Å². The van der Waals surface area contributed by atoms with E-state index in [1.54, 1.807) is 0 Å². The second-order valence-corrected chi connectivity index (χ2v) is 23.2. The SMILES string of the molecule is CC(C)(C)[Si](OCCC[C@H]1O[C@H]2CC[C@@]3(C)O[C@H]4[C@@H](OCc5ccccc5)C[C@@H](CCCOCc5ccccc5)O[C@@H]4C[C@@H]3O[C@@H]2CC1=O)(c1ccccc1)c1ccccc1. The number of fused-ring (bicyclic) bond motifs is 3. The summed E-state index contributed by atoms with van der Waals surface area (Å²) in [6, 6.07) is 42.1.